The molecule has 1 aromatic heterocycles. The highest BCUT2D eigenvalue weighted by atomic mass is 35.5. The second kappa shape index (κ2) is 8.72. The summed E-state index contributed by atoms with van der Waals surface area (Å²) in [5.41, 5.74) is 1.43. The van der Waals surface area contributed by atoms with Crippen LogP contribution in [0, 0.1) is 6.92 Å². The Bertz CT molecular complexity index is 1260. The van der Waals surface area contributed by atoms with Crippen molar-refractivity contribution in [1.29, 1.82) is 0 Å². The Labute approximate surface area is 188 Å². The monoisotopic (exact) mass is 453 g/mol. The molecule has 0 saturated carbocycles. The molecule has 1 aliphatic rings. The Morgan fingerprint density at radius 3 is 2.66 bits per heavy atom. The van der Waals surface area contributed by atoms with E-state index in [0.717, 1.165) is 0 Å². The largest absolute Gasteiger partial charge is 0.497 e. The molecule has 4 N–H and O–H groups in total. The molecule has 9 nitrogen and oxygen atoms in total. The van der Waals surface area contributed by atoms with E-state index in [0.29, 0.717) is 27.7 Å². The number of hydrogen-bond acceptors (Lipinski definition) is 6. The lowest BCUT2D eigenvalue weighted by molar-refractivity contribution is -0.123. The second-order valence-electron chi connectivity index (χ2n) is 7.24. The van der Waals surface area contributed by atoms with Crippen LogP contribution in [0.4, 0.5) is 23.1 Å². The number of amides is 2. The summed E-state index contributed by atoms with van der Waals surface area (Å²) >= 11 is 6.12. The summed E-state index contributed by atoms with van der Waals surface area (Å²) in [5, 5.41) is 8.81. The third-order valence-corrected chi connectivity index (χ3v) is 5.56. The average Bonchev–Trinajstić information content (AvgIpc) is 2.76. The van der Waals surface area contributed by atoms with Crippen LogP contribution >= 0.6 is 11.6 Å². The molecule has 0 spiro atoms. The standard InChI is InChI=1S/C22H20ClN5O4/c1-11-15(23)4-3-5-16(11)25-20(30)14-10-17(29)26-19-18(14)21(31)28-22(27-19)24-12-6-8-13(32-2)9-7-12/h3-9,14H,10H2,1-2H3,(H,25,30)(H3,24,26,27,28,29,31)/t14-/m1/s1. The minimum atomic E-state index is -0.997. The van der Waals surface area contributed by atoms with Crippen molar-refractivity contribution in [2.24, 2.45) is 0 Å². The molecule has 0 radical (unpaired) electrons. The van der Waals surface area contributed by atoms with Gasteiger partial charge in [0.15, 0.2) is 0 Å². The van der Waals surface area contributed by atoms with Crippen molar-refractivity contribution in [2.75, 3.05) is 23.1 Å². The topological polar surface area (TPSA) is 125 Å². The van der Waals surface area contributed by atoms with Crippen LogP contribution in [0.15, 0.2) is 47.3 Å². The number of anilines is 4. The molecular formula is C22H20ClN5O4. The van der Waals surface area contributed by atoms with Gasteiger partial charge >= 0.3 is 0 Å². The van der Waals surface area contributed by atoms with Gasteiger partial charge in [-0.05, 0) is 48.9 Å². The van der Waals surface area contributed by atoms with Crippen molar-refractivity contribution in [3.63, 3.8) is 0 Å². The molecule has 0 unspecified atom stereocenters. The number of aromatic amines is 1. The van der Waals surface area contributed by atoms with E-state index in [4.69, 9.17) is 16.3 Å². The first-order valence-corrected chi connectivity index (χ1v) is 10.1. The Morgan fingerprint density at radius 1 is 1.19 bits per heavy atom. The zero-order valence-electron chi connectivity index (χ0n) is 17.3. The summed E-state index contributed by atoms with van der Waals surface area (Å²) < 4.78 is 5.12. The number of hydrogen-bond donors (Lipinski definition) is 4. The van der Waals surface area contributed by atoms with E-state index in [-0.39, 0.29) is 23.8 Å². The van der Waals surface area contributed by atoms with E-state index in [9.17, 15) is 14.4 Å². The molecule has 2 amide bonds. The summed E-state index contributed by atoms with van der Waals surface area (Å²) in [5.74, 6) is -1.04. The van der Waals surface area contributed by atoms with E-state index in [2.05, 4.69) is 25.9 Å². The summed E-state index contributed by atoms with van der Waals surface area (Å²) in [7, 11) is 1.56. The first kappa shape index (κ1) is 21.4. The fraction of sp³-hybridized carbons (Fsp3) is 0.182. The molecule has 0 fully saturated rings. The van der Waals surface area contributed by atoms with Gasteiger partial charge in [0.25, 0.3) is 5.56 Å². The molecular weight excluding hydrogens is 434 g/mol. The summed E-state index contributed by atoms with van der Waals surface area (Å²) in [6.45, 7) is 1.77. The number of carbonyl (C=O) groups excluding carboxylic acids is 2. The number of ether oxygens (including phenoxy) is 1. The molecule has 0 bridgehead atoms. The van der Waals surface area contributed by atoms with E-state index < -0.39 is 23.3 Å². The number of carbonyl (C=O) groups is 2. The smallest absolute Gasteiger partial charge is 0.258 e. The average molecular weight is 454 g/mol. The van der Waals surface area contributed by atoms with Crippen LogP contribution in [-0.4, -0.2) is 28.9 Å². The third-order valence-electron chi connectivity index (χ3n) is 5.15. The fourth-order valence-electron chi connectivity index (χ4n) is 3.43. The first-order chi connectivity index (χ1) is 15.4. The zero-order chi connectivity index (χ0) is 22.8. The molecule has 10 heteroatoms. The number of H-pyrrole nitrogens is 1. The van der Waals surface area contributed by atoms with Crippen molar-refractivity contribution in [2.45, 2.75) is 19.3 Å². The van der Waals surface area contributed by atoms with Crippen molar-refractivity contribution in [1.82, 2.24) is 9.97 Å². The van der Waals surface area contributed by atoms with Gasteiger partial charge in [-0.1, -0.05) is 17.7 Å². The van der Waals surface area contributed by atoms with Crippen molar-refractivity contribution in [3.05, 3.63) is 69.0 Å². The lowest BCUT2D eigenvalue weighted by atomic mass is 9.92. The second-order valence-corrected chi connectivity index (χ2v) is 7.64. The molecule has 3 aromatic rings. The Hall–Kier alpha value is -3.85. The highest BCUT2D eigenvalue weighted by Crippen LogP contribution is 2.31. The van der Waals surface area contributed by atoms with Crippen LogP contribution in [0.1, 0.15) is 23.5 Å². The highest BCUT2D eigenvalue weighted by Gasteiger charge is 2.35. The zero-order valence-corrected chi connectivity index (χ0v) is 18.0. The van der Waals surface area contributed by atoms with Crippen LogP contribution in [-0.2, 0) is 9.59 Å². The van der Waals surface area contributed by atoms with Crippen LogP contribution in [0.2, 0.25) is 5.02 Å². The Balaban J connectivity index is 1.63. The summed E-state index contributed by atoms with van der Waals surface area (Å²) in [6, 6.07) is 12.1. The maximum atomic E-state index is 13.0. The minimum Gasteiger partial charge on any atom is -0.497 e. The van der Waals surface area contributed by atoms with Gasteiger partial charge in [0.1, 0.15) is 11.6 Å². The molecule has 4 rings (SSSR count). The van der Waals surface area contributed by atoms with Crippen molar-refractivity contribution in [3.8, 4) is 5.75 Å². The lowest BCUT2D eigenvalue weighted by Crippen LogP contribution is -2.36. The summed E-state index contributed by atoms with van der Waals surface area (Å²) in [6.07, 6.45) is -0.172. The van der Waals surface area contributed by atoms with Gasteiger partial charge in [0.2, 0.25) is 17.8 Å². The first-order valence-electron chi connectivity index (χ1n) is 9.77. The number of rotatable bonds is 5. The van der Waals surface area contributed by atoms with Gasteiger partial charge in [-0.15, -0.1) is 0 Å². The van der Waals surface area contributed by atoms with Crippen molar-refractivity contribution >= 4 is 46.6 Å². The van der Waals surface area contributed by atoms with Gasteiger partial charge in [0, 0.05) is 22.8 Å². The van der Waals surface area contributed by atoms with E-state index in [1.165, 1.54) is 0 Å². The molecule has 0 aliphatic carbocycles. The predicted octanol–water partition coefficient (Wildman–Crippen LogP) is 3.55. The molecule has 164 valence electrons. The fourth-order valence-corrected chi connectivity index (χ4v) is 3.60. The van der Waals surface area contributed by atoms with Gasteiger partial charge in [-0.25, -0.2) is 0 Å². The Kier molecular flexibility index (Phi) is 5.83. The molecule has 1 atom stereocenters. The van der Waals surface area contributed by atoms with Gasteiger partial charge in [-0.2, -0.15) is 4.98 Å². The molecule has 1 aliphatic heterocycles. The lowest BCUT2D eigenvalue weighted by Gasteiger charge is -2.24. The normalized spacial score (nSPS) is 14.8. The molecule has 2 aromatic carbocycles. The summed E-state index contributed by atoms with van der Waals surface area (Å²) in [4.78, 5) is 45.1. The van der Waals surface area contributed by atoms with Crippen LogP contribution < -0.4 is 26.2 Å². The SMILES string of the molecule is COc1ccc(Nc2nc3c(c(=O)[nH]2)[C@H](C(=O)Nc2cccc(Cl)c2C)CC(=O)N3)cc1. The third kappa shape index (κ3) is 4.28. The van der Waals surface area contributed by atoms with Crippen molar-refractivity contribution < 1.29 is 14.3 Å². The van der Waals surface area contributed by atoms with Crippen LogP contribution in [0.3, 0.4) is 0 Å². The van der Waals surface area contributed by atoms with E-state index in [1.54, 1.807) is 56.5 Å². The quantitative estimate of drug-likeness (QED) is 0.468. The number of fused-ring (bicyclic) bond motifs is 1. The van der Waals surface area contributed by atoms with E-state index >= 15 is 0 Å². The number of halogens is 1. The number of aromatic nitrogens is 2. The molecule has 32 heavy (non-hydrogen) atoms. The maximum absolute atomic E-state index is 13.0. The molecule has 0 saturated heterocycles. The highest BCUT2D eigenvalue weighted by molar-refractivity contribution is 6.31. The predicted molar refractivity (Wildman–Crippen MR) is 122 cm³/mol. The van der Waals surface area contributed by atoms with Crippen LogP contribution in [0.5, 0.6) is 5.75 Å². The van der Waals surface area contributed by atoms with Gasteiger partial charge < -0.3 is 20.7 Å². The minimum absolute atomic E-state index is 0.0453. The van der Waals surface area contributed by atoms with Gasteiger partial charge in [0.05, 0.1) is 18.6 Å². The number of nitrogens with one attached hydrogen (secondary N) is 4. The van der Waals surface area contributed by atoms with E-state index in [1.807, 2.05) is 0 Å². The maximum Gasteiger partial charge on any atom is 0.258 e. The number of methoxy groups -OCH3 is 1. The molecule has 2 heterocycles. The Morgan fingerprint density at radius 2 is 1.94 bits per heavy atom. The van der Waals surface area contributed by atoms with Crippen LogP contribution in [0.25, 0.3) is 0 Å². The number of nitrogens with zero attached hydrogens (tertiary/aromatic N) is 1. The number of benzene rings is 2. The van der Waals surface area contributed by atoms with Gasteiger partial charge in [-0.3, -0.25) is 19.4 Å².